The van der Waals surface area contributed by atoms with Crippen molar-refractivity contribution >= 4 is 27.0 Å². The van der Waals surface area contributed by atoms with Crippen molar-refractivity contribution in [1.29, 1.82) is 0 Å². The van der Waals surface area contributed by atoms with E-state index in [1.165, 1.54) is 15.6 Å². The lowest BCUT2D eigenvalue weighted by molar-refractivity contribution is 0.596. The van der Waals surface area contributed by atoms with Gasteiger partial charge >= 0.3 is 0 Å². The fourth-order valence-corrected chi connectivity index (χ4v) is 4.80. The van der Waals surface area contributed by atoms with Gasteiger partial charge < -0.3 is 0 Å². The average Bonchev–Trinajstić information content (AvgIpc) is 3.16. The van der Waals surface area contributed by atoms with Gasteiger partial charge in [0.1, 0.15) is 9.90 Å². The van der Waals surface area contributed by atoms with E-state index >= 15 is 0 Å². The van der Waals surface area contributed by atoms with E-state index < -0.39 is 10.0 Å². The van der Waals surface area contributed by atoms with Crippen molar-refractivity contribution in [3.8, 4) is 10.6 Å². The zero-order valence-electron chi connectivity index (χ0n) is 13.1. The molecule has 0 unspecified atom stereocenters. The number of aromatic amines is 1. The Morgan fingerprint density at radius 1 is 1.09 bits per heavy atom. The van der Waals surface area contributed by atoms with E-state index in [4.69, 9.17) is 0 Å². The predicted molar refractivity (Wildman–Crippen MR) is 93.4 cm³/mol. The van der Waals surface area contributed by atoms with Crippen molar-refractivity contribution in [2.45, 2.75) is 18.1 Å². The fourth-order valence-electron chi connectivity index (χ4n) is 2.17. The van der Waals surface area contributed by atoms with Crippen molar-refractivity contribution in [3.63, 3.8) is 0 Å². The number of hydrogen-bond acceptors (Lipinski definition) is 4. The minimum Gasteiger partial charge on any atom is -0.282 e. The Bertz CT molecular complexity index is 924. The number of nitrogens with zero attached hydrogens (tertiary/aromatic N) is 2. The number of sulfonamides is 1. The maximum absolute atomic E-state index is 12.8. The third kappa shape index (κ3) is 3.02. The molecule has 1 N–H and O–H groups in total. The first-order valence-corrected chi connectivity index (χ1v) is 9.31. The summed E-state index contributed by atoms with van der Waals surface area (Å²) in [5.41, 5.74) is 3.43. The summed E-state index contributed by atoms with van der Waals surface area (Å²) in [5, 5.41) is 7.04. The highest BCUT2D eigenvalue weighted by molar-refractivity contribution is 7.94. The molecule has 23 heavy (non-hydrogen) atoms. The van der Waals surface area contributed by atoms with Crippen LogP contribution in [0.3, 0.4) is 0 Å². The molecule has 0 bridgehead atoms. The lowest BCUT2D eigenvalue weighted by Gasteiger charge is -2.18. The number of nitrogens with one attached hydrogen (secondary N) is 1. The molecule has 0 radical (unpaired) electrons. The number of aryl methyl sites for hydroxylation is 2. The normalized spacial score (nSPS) is 11.6. The molecular formula is C16H17N3O2S2. The van der Waals surface area contributed by atoms with Gasteiger partial charge in [0.25, 0.3) is 10.0 Å². The Morgan fingerprint density at radius 2 is 1.78 bits per heavy atom. The van der Waals surface area contributed by atoms with Crippen LogP contribution >= 0.6 is 11.3 Å². The van der Waals surface area contributed by atoms with E-state index in [9.17, 15) is 8.42 Å². The van der Waals surface area contributed by atoms with E-state index in [2.05, 4.69) is 10.2 Å². The van der Waals surface area contributed by atoms with Gasteiger partial charge in [-0.05, 0) is 44.2 Å². The lowest BCUT2D eigenvalue weighted by Crippen LogP contribution is -2.25. The molecule has 0 aliphatic carbocycles. The molecule has 0 aliphatic heterocycles. The topological polar surface area (TPSA) is 66.1 Å². The summed E-state index contributed by atoms with van der Waals surface area (Å²) in [6.45, 7) is 3.88. The van der Waals surface area contributed by atoms with Crippen molar-refractivity contribution < 1.29 is 8.42 Å². The first kappa shape index (κ1) is 15.8. The van der Waals surface area contributed by atoms with E-state index in [-0.39, 0.29) is 0 Å². The molecule has 2 heterocycles. The Hall–Kier alpha value is -2.12. The van der Waals surface area contributed by atoms with Gasteiger partial charge in [-0.25, -0.2) is 8.42 Å². The molecule has 0 saturated carbocycles. The molecule has 0 fully saturated rings. The molecule has 120 valence electrons. The second kappa shape index (κ2) is 5.82. The number of hydrogen-bond donors (Lipinski definition) is 1. The summed E-state index contributed by atoms with van der Waals surface area (Å²) < 4.78 is 27.2. The SMILES string of the molecule is Cc1ccc(N(C)S(=O)(=O)c2ccc(-c3cc(C)[nH]n3)s2)cc1. The Morgan fingerprint density at radius 3 is 2.39 bits per heavy atom. The molecule has 0 aliphatic rings. The van der Waals surface area contributed by atoms with Crippen LogP contribution in [-0.2, 0) is 10.0 Å². The Balaban J connectivity index is 1.93. The molecule has 7 heteroatoms. The van der Waals surface area contributed by atoms with E-state index in [1.807, 2.05) is 32.0 Å². The van der Waals surface area contributed by atoms with Crippen molar-refractivity contribution in [2.24, 2.45) is 0 Å². The van der Waals surface area contributed by atoms with E-state index in [1.54, 1.807) is 31.3 Å². The third-order valence-corrected chi connectivity index (χ3v) is 6.91. The highest BCUT2D eigenvalue weighted by Gasteiger charge is 2.24. The van der Waals surface area contributed by atoms with Crippen LogP contribution in [0, 0.1) is 13.8 Å². The summed E-state index contributed by atoms with van der Waals surface area (Å²) in [5.74, 6) is 0. The quantitative estimate of drug-likeness (QED) is 0.784. The van der Waals surface area contributed by atoms with Gasteiger partial charge in [-0.1, -0.05) is 17.7 Å². The summed E-state index contributed by atoms with van der Waals surface area (Å²) in [6.07, 6.45) is 0. The van der Waals surface area contributed by atoms with Crippen molar-refractivity contribution in [3.05, 3.63) is 53.7 Å². The summed E-state index contributed by atoms with van der Waals surface area (Å²) in [6, 6.07) is 12.7. The fraction of sp³-hybridized carbons (Fsp3) is 0.188. The van der Waals surface area contributed by atoms with E-state index in [0.29, 0.717) is 9.90 Å². The van der Waals surface area contributed by atoms with Gasteiger partial charge in [0.2, 0.25) is 0 Å². The van der Waals surface area contributed by atoms with Crippen molar-refractivity contribution in [1.82, 2.24) is 10.2 Å². The van der Waals surface area contributed by atoms with Gasteiger partial charge in [0.15, 0.2) is 0 Å². The molecule has 0 atom stereocenters. The monoisotopic (exact) mass is 347 g/mol. The predicted octanol–water partition coefficient (Wildman–Crippen LogP) is 3.58. The smallest absolute Gasteiger partial charge is 0.273 e. The standard InChI is InChI=1S/C16H17N3O2S2/c1-11-4-6-13(7-5-11)19(3)23(20,21)16-9-8-15(22-16)14-10-12(2)17-18-14/h4-10H,1-3H3,(H,17,18). The van der Waals surface area contributed by atoms with Crippen LogP contribution in [0.1, 0.15) is 11.3 Å². The first-order chi connectivity index (χ1) is 10.9. The van der Waals surface area contributed by atoms with Crippen LogP contribution in [0.15, 0.2) is 46.7 Å². The highest BCUT2D eigenvalue weighted by atomic mass is 32.2. The first-order valence-electron chi connectivity index (χ1n) is 7.06. The maximum atomic E-state index is 12.8. The summed E-state index contributed by atoms with van der Waals surface area (Å²) in [7, 11) is -2.00. The molecule has 5 nitrogen and oxygen atoms in total. The second-order valence-electron chi connectivity index (χ2n) is 5.36. The molecule has 2 aromatic heterocycles. The molecule has 3 aromatic rings. The van der Waals surface area contributed by atoms with Gasteiger partial charge in [-0.15, -0.1) is 11.3 Å². The minimum absolute atomic E-state index is 0.302. The van der Waals surface area contributed by atoms with Crippen LogP contribution < -0.4 is 4.31 Å². The van der Waals surface area contributed by atoms with Gasteiger partial charge in [-0.3, -0.25) is 9.40 Å². The zero-order chi connectivity index (χ0) is 16.6. The number of benzene rings is 1. The molecule has 0 amide bonds. The molecule has 3 rings (SSSR count). The van der Waals surface area contributed by atoms with Crippen LogP contribution in [0.4, 0.5) is 5.69 Å². The highest BCUT2D eigenvalue weighted by Crippen LogP contribution is 2.32. The second-order valence-corrected chi connectivity index (χ2v) is 8.64. The van der Waals surface area contributed by atoms with Crippen LogP contribution in [0.2, 0.25) is 0 Å². The summed E-state index contributed by atoms with van der Waals surface area (Å²) >= 11 is 1.22. The lowest BCUT2D eigenvalue weighted by atomic mass is 10.2. The largest absolute Gasteiger partial charge is 0.282 e. The summed E-state index contributed by atoms with van der Waals surface area (Å²) in [4.78, 5) is 0.824. The Labute approximate surface area is 139 Å². The van der Waals surface area contributed by atoms with Crippen molar-refractivity contribution in [2.75, 3.05) is 11.4 Å². The van der Waals surface area contributed by atoms with E-state index in [0.717, 1.165) is 21.8 Å². The van der Waals surface area contributed by atoms with Crippen LogP contribution in [0.5, 0.6) is 0 Å². The molecular weight excluding hydrogens is 330 g/mol. The minimum atomic E-state index is -3.57. The zero-order valence-corrected chi connectivity index (χ0v) is 14.7. The Kier molecular flexibility index (Phi) is 3.99. The number of anilines is 1. The number of thiophene rings is 1. The van der Waals surface area contributed by atoms with Gasteiger partial charge in [-0.2, -0.15) is 5.10 Å². The molecule has 0 saturated heterocycles. The number of H-pyrrole nitrogens is 1. The van der Waals surface area contributed by atoms with Gasteiger partial charge in [0.05, 0.1) is 10.6 Å². The van der Waals surface area contributed by atoms with Crippen LogP contribution in [-0.4, -0.2) is 25.7 Å². The van der Waals surface area contributed by atoms with Crippen LogP contribution in [0.25, 0.3) is 10.6 Å². The molecule has 1 aromatic carbocycles. The maximum Gasteiger partial charge on any atom is 0.273 e. The third-order valence-electron chi connectivity index (χ3n) is 3.55. The number of aromatic nitrogens is 2. The van der Waals surface area contributed by atoms with Gasteiger partial charge in [0, 0.05) is 12.7 Å². The molecule has 0 spiro atoms. The number of rotatable bonds is 4. The average molecular weight is 347 g/mol.